The van der Waals surface area contributed by atoms with E-state index in [2.05, 4.69) is 10.3 Å². The van der Waals surface area contributed by atoms with Crippen molar-refractivity contribution in [3.05, 3.63) is 41.3 Å². The van der Waals surface area contributed by atoms with E-state index in [0.29, 0.717) is 22.2 Å². The van der Waals surface area contributed by atoms with Gasteiger partial charge in [-0.05, 0) is 25.1 Å². The van der Waals surface area contributed by atoms with Crippen molar-refractivity contribution in [3.8, 4) is 0 Å². The minimum atomic E-state index is -0.385. The number of hydrogen-bond acceptors (Lipinski definition) is 5. The summed E-state index contributed by atoms with van der Waals surface area (Å²) in [4.78, 5) is 40.6. The molecule has 0 aliphatic carbocycles. The molecule has 0 atom stereocenters. The minimum absolute atomic E-state index is 0.141. The molecule has 8 heteroatoms. The summed E-state index contributed by atoms with van der Waals surface area (Å²) in [5.41, 5.74) is 1.34. The van der Waals surface area contributed by atoms with Crippen LogP contribution in [0.25, 0.3) is 10.9 Å². The second-order valence-corrected chi connectivity index (χ2v) is 6.24. The zero-order chi connectivity index (χ0) is 17.3. The molecular weight excluding hydrogens is 333 g/mol. The van der Waals surface area contributed by atoms with Crippen LogP contribution in [0.15, 0.2) is 24.3 Å². The quantitative estimate of drug-likeness (QED) is 0.916. The number of pyridine rings is 1. The second kappa shape index (κ2) is 6.56. The molecule has 3 amide bonds. The lowest BCUT2D eigenvalue weighted by Gasteiger charge is -2.13. The first-order valence-corrected chi connectivity index (χ1v) is 8.26. The molecule has 0 saturated carbocycles. The number of thioether (sulfide) groups is 1. The first kappa shape index (κ1) is 16.4. The van der Waals surface area contributed by atoms with Crippen molar-refractivity contribution >= 4 is 39.7 Å². The van der Waals surface area contributed by atoms with Gasteiger partial charge in [-0.25, -0.2) is 4.39 Å². The number of carbonyl (C=O) groups is 3. The van der Waals surface area contributed by atoms with Crippen molar-refractivity contribution in [2.24, 2.45) is 0 Å². The topological polar surface area (TPSA) is 79.4 Å². The van der Waals surface area contributed by atoms with E-state index in [9.17, 15) is 18.8 Å². The van der Waals surface area contributed by atoms with Gasteiger partial charge in [0, 0.05) is 24.5 Å². The third-order valence-electron chi connectivity index (χ3n) is 3.68. The number of halogens is 1. The van der Waals surface area contributed by atoms with E-state index < -0.39 is 0 Å². The maximum Gasteiger partial charge on any atom is 0.288 e. The lowest BCUT2D eigenvalue weighted by Crippen LogP contribution is -2.37. The summed E-state index contributed by atoms with van der Waals surface area (Å²) >= 11 is 0.958. The highest BCUT2D eigenvalue weighted by Crippen LogP contribution is 2.19. The summed E-state index contributed by atoms with van der Waals surface area (Å²) in [7, 11) is 0. The normalized spacial score (nSPS) is 14.5. The predicted octanol–water partition coefficient (Wildman–Crippen LogP) is 2.11. The number of amides is 3. The van der Waals surface area contributed by atoms with Gasteiger partial charge < -0.3 is 5.32 Å². The van der Waals surface area contributed by atoms with Gasteiger partial charge in [-0.2, -0.15) is 0 Å². The van der Waals surface area contributed by atoms with Crippen LogP contribution in [0.3, 0.4) is 0 Å². The maximum atomic E-state index is 13.2. The van der Waals surface area contributed by atoms with Crippen molar-refractivity contribution in [1.29, 1.82) is 0 Å². The molecule has 124 valence electrons. The van der Waals surface area contributed by atoms with E-state index >= 15 is 0 Å². The summed E-state index contributed by atoms with van der Waals surface area (Å²) in [5, 5.41) is 3.04. The van der Waals surface area contributed by atoms with Gasteiger partial charge in [0.1, 0.15) is 5.82 Å². The average Bonchev–Trinajstić information content (AvgIpc) is 2.85. The first-order chi connectivity index (χ1) is 11.5. The highest BCUT2D eigenvalue weighted by molar-refractivity contribution is 8.14. The standard InChI is InChI=1S/C16H14FN3O3S/c1-9-12(6-10-2-3-11(17)7-13(10)19-9)15(22)18-4-5-20-14(21)8-24-16(20)23/h2-3,6-7H,4-5,8H2,1H3,(H,18,22). The highest BCUT2D eigenvalue weighted by Gasteiger charge is 2.29. The monoisotopic (exact) mass is 347 g/mol. The zero-order valence-electron chi connectivity index (χ0n) is 12.8. The molecule has 2 heterocycles. The van der Waals surface area contributed by atoms with Crippen LogP contribution in [0.2, 0.25) is 0 Å². The number of carbonyl (C=O) groups excluding carboxylic acids is 3. The van der Waals surface area contributed by atoms with E-state index in [1.807, 2.05) is 0 Å². The molecule has 1 N–H and O–H groups in total. The molecule has 0 spiro atoms. The number of hydrogen-bond donors (Lipinski definition) is 1. The number of nitrogens with one attached hydrogen (secondary N) is 1. The number of benzene rings is 1. The number of aryl methyl sites for hydroxylation is 1. The Hall–Kier alpha value is -2.48. The Kier molecular flexibility index (Phi) is 4.48. The average molecular weight is 347 g/mol. The zero-order valence-corrected chi connectivity index (χ0v) is 13.7. The third-order valence-corrected chi connectivity index (χ3v) is 4.54. The molecule has 1 saturated heterocycles. The molecule has 0 bridgehead atoms. The lowest BCUT2D eigenvalue weighted by atomic mass is 10.1. The Morgan fingerprint density at radius 3 is 2.88 bits per heavy atom. The van der Waals surface area contributed by atoms with E-state index in [0.717, 1.165) is 16.7 Å². The van der Waals surface area contributed by atoms with Gasteiger partial charge >= 0.3 is 0 Å². The largest absolute Gasteiger partial charge is 0.350 e. The van der Waals surface area contributed by atoms with Crippen LogP contribution in [-0.2, 0) is 4.79 Å². The van der Waals surface area contributed by atoms with Crippen molar-refractivity contribution in [1.82, 2.24) is 15.2 Å². The van der Waals surface area contributed by atoms with Gasteiger partial charge in [0.05, 0.1) is 22.5 Å². The van der Waals surface area contributed by atoms with Gasteiger partial charge in [0.15, 0.2) is 0 Å². The molecule has 1 fully saturated rings. The number of aromatic nitrogens is 1. The van der Waals surface area contributed by atoms with Crippen molar-refractivity contribution < 1.29 is 18.8 Å². The third kappa shape index (κ3) is 3.23. The van der Waals surface area contributed by atoms with Crippen LogP contribution < -0.4 is 5.32 Å². The highest BCUT2D eigenvalue weighted by atomic mass is 32.2. The fourth-order valence-corrected chi connectivity index (χ4v) is 3.19. The molecule has 1 aromatic heterocycles. The second-order valence-electron chi connectivity index (χ2n) is 5.31. The minimum Gasteiger partial charge on any atom is -0.350 e. The number of fused-ring (bicyclic) bond motifs is 1. The van der Waals surface area contributed by atoms with Gasteiger partial charge in [0.2, 0.25) is 5.91 Å². The van der Waals surface area contributed by atoms with Gasteiger partial charge in [0.25, 0.3) is 11.1 Å². The SMILES string of the molecule is Cc1nc2cc(F)ccc2cc1C(=O)NCCN1C(=O)CSC1=O. The molecule has 1 aromatic carbocycles. The Labute approximate surface area is 141 Å². The van der Waals surface area contributed by atoms with Gasteiger partial charge in [-0.1, -0.05) is 11.8 Å². The van der Waals surface area contributed by atoms with Crippen molar-refractivity contribution in [3.63, 3.8) is 0 Å². The first-order valence-electron chi connectivity index (χ1n) is 7.28. The molecule has 1 aliphatic rings. The number of nitrogens with zero attached hydrogens (tertiary/aromatic N) is 2. The lowest BCUT2D eigenvalue weighted by molar-refractivity contribution is -0.124. The van der Waals surface area contributed by atoms with Crippen LogP contribution in [0, 0.1) is 12.7 Å². The van der Waals surface area contributed by atoms with Gasteiger partial charge in [-0.15, -0.1) is 0 Å². The van der Waals surface area contributed by atoms with E-state index in [1.165, 1.54) is 12.1 Å². The Morgan fingerprint density at radius 1 is 1.38 bits per heavy atom. The summed E-state index contributed by atoms with van der Waals surface area (Å²) in [6.45, 7) is 1.98. The van der Waals surface area contributed by atoms with Crippen molar-refractivity contribution in [2.45, 2.75) is 6.92 Å². The molecule has 0 unspecified atom stereocenters. The smallest absolute Gasteiger partial charge is 0.288 e. The predicted molar refractivity (Wildman–Crippen MR) is 88.3 cm³/mol. The molecule has 6 nitrogen and oxygen atoms in total. The van der Waals surface area contributed by atoms with Crippen LogP contribution in [-0.4, -0.2) is 45.8 Å². The Morgan fingerprint density at radius 2 is 2.17 bits per heavy atom. The fraction of sp³-hybridized carbons (Fsp3) is 0.250. The molecule has 3 rings (SSSR count). The van der Waals surface area contributed by atoms with E-state index in [-0.39, 0.29) is 41.7 Å². The van der Waals surface area contributed by atoms with Crippen LogP contribution in [0.4, 0.5) is 9.18 Å². The van der Waals surface area contributed by atoms with Crippen LogP contribution >= 0.6 is 11.8 Å². The van der Waals surface area contributed by atoms with E-state index in [1.54, 1.807) is 19.1 Å². The van der Waals surface area contributed by atoms with Crippen LogP contribution in [0.1, 0.15) is 16.1 Å². The molecule has 0 radical (unpaired) electrons. The van der Waals surface area contributed by atoms with Crippen LogP contribution in [0.5, 0.6) is 0 Å². The number of imide groups is 1. The Balaban J connectivity index is 1.69. The molecule has 24 heavy (non-hydrogen) atoms. The summed E-state index contributed by atoms with van der Waals surface area (Å²) < 4.78 is 13.2. The van der Waals surface area contributed by atoms with E-state index in [4.69, 9.17) is 0 Å². The summed E-state index contributed by atoms with van der Waals surface area (Å²) in [5.74, 6) is -0.830. The summed E-state index contributed by atoms with van der Waals surface area (Å²) in [6.07, 6.45) is 0. The fourth-order valence-electron chi connectivity index (χ4n) is 2.44. The molecule has 2 aromatic rings. The molecule has 1 aliphatic heterocycles. The Bertz CT molecular complexity index is 840. The maximum absolute atomic E-state index is 13.2. The number of rotatable bonds is 4. The van der Waals surface area contributed by atoms with Crippen molar-refractivity contribution in [2.75, 3.05) is 18.8 Å². The molecular formula is C16H14FN3O3S. The van der Waals surface area contributed by atoms with Gasteiger partial charge in [-0.3, -0.25) is 24.3 Å². The summed E-state index contributed by atoms with van der Waals surface area (Å²) in [6, 6.07) is 5.83.